The highest BCUT2D eigenvalue weighted by Gasteiger charge is 2.18. The van der Waals surface area contributed by atoms with Crippen LogP contribution in [0, 0.1) is 5.92 Å². The third-order valence-corrected chi connectivity index (χ3v) is 4.91. The van der Waals surface area contributed by atoms with E-state index >= 15 is 0 Å². The molecule has 1 aromatic carbocycles. The van der Waals surface area contributed by atoms with E-state index in [1.165, 1.54) is 18.4 Å². The molecule has 140 valence electrons. The van der Waals surface area contributed by atoms with Gasteiger partial charge in [0.15, 0.2) is 5.69 Å². The van der Waals surface area contributed by atoms with Crippen LogP contribution in [-0.4, -0.2) is 35.4 Å². The molecule has 1 aromatic heterocycles. The average molecular weight is 375 g/mol. The minimum absolute atomic E-state index is 0.115. The normalized spacial score (nSPS) is 10.8. The first-order chi connectivity index (χ1) is 12.5. The maximum Gasteiger partial charge on any atom is 0.357 e. The standard InChI is InChI=1S/C20H26N2O3S/c1-15(2)11-12-22(13-18-21-17(14-26-18)20(24)25-3)19(23)10-9-16-7-5-4-6-8-16/h4-8,14-15H,9-13H2,1-3H3. The molecular formula is C20H26N2O3S. The first kappa shape index (κ1) is 20.1. The summed E-state index contributed by atoms with van der Waals surface area (Å²) >= 11 is 1.38. The lowest BCUT2D eigenvalue weighted by molar-refractivity contribution is -0.132. The van der Waals surface area contributed by atoms with E-state index in [4.69, 9.17) is 4.74 Å². The van der Waals surface area contributed by atoms with Crippen molar-refractivity contribution in [2.24, 2.45) is 5.92 Å². The van der Waals surface area contributed by atoms with Gasteiger partial charge in [-0.05, 0) is 24.3 Å². The van der Waals surface area contributed by atoms with Crippen LogP contribution in [0.2, 0.25) is 0 Å². The molecule has 0 N–H and O–H groups in total. The van der Waals surface area contributed by atoms with Gasteiger partial charge in [0, 0.05) is 18.3 Å². The van der Waals surface area contributed by atoms with E-state index in [2.05, 4.69) is 18.8 Å². The summed E-state index contributed by atoms with van der Waals surface area (Å²) in [7, 11) is 1.34. The summed E-state index contributed by atoms with van der Waals surface area (Å²) in [5, 5.41) is 2.43. The fourth-order valence-electron chi connectivity index (χ4n) is 2.51. The number of carbonyl (C=O) groups is 2. The highest BCUT2D eigenvalue weighted by Crippen LogP contribution is 2.16. The van der Waals surface area contributed by atoms with Crippen molar-refractivity contribution >= 4 is 23.2 Å². The number of hydrogen-bond donors (Lipinski definition) is 0. The molecule has 0 fully saturated rings. The Labute approximate surface area is 159 Å². The summed E-state index contributed by atoms with van der Waals surface area (Å²) in [6.07, 6.45) is 2.13. The highest BCUT2D eigenvalue weighted by atomic mass is 32.1. The number of carbonyl (C=O) groups excluding carboxylic acids is 2. The summed E-state index contributed by atoms with van der Waals surface area (Å²) in [5.41, 5.74) is 1.46. The van der Waals surface area contributed by atoms with Crippen LogP contribution in [0.25, 0.3) is 0 Å². The molecule has 2 aromatic rings. The summed E-state index contributed by atoms with van der Waals surface area (Å²) in [5.74, 6) is 0.183. The Kier molecular flexibility index (Phi) is 7.78. The van der Waals surface area contributed by atoms with Gasteiger partial charge in [0.2, 0.25) is 5.91 Å². The second-order valence-electron chi connectivity index (χ2n) is 6.60. The van der Waals surface area contributed by atoms with Gasteiger partial charge in [0.25, 0.3) is 0 Å². The van der Waals surface area contributed by atoms with E-state index in [1.54, 1.807) is 5.38 Å². The van der Waals surface area contributed by atoms with Crippen molar-refractivity contribution in [2.75, 3.05) is 13.7 Å². The maximum absolute atomic E-state index is 12.7. The molecule has 0 saturated carbocycles. The number of nitrogens with zero attached hydrogens (tertiary/aromatic N) is 2. The number of aromatic nitrogens is 1. The molecule has 2 rings (SSSR count). The van der Waals surface area contributed by atoms with E-state index in [1.807, 2.05) is 35.2 Å². The van der Waals surface area contributed by atoms with Crippen LogP contribution in [0.15, 0.2) is 35.7 Å². The topological polar surface area (TPSA) is 59.5 Å². The van der Waals surface area contributed by atoms with Gasteiger partial charge in [-0.1, -0.05) is 44.2 Å². The van der Waals surface area contributed by atoms with Crippen molar-refractivity contribution in [3.8, 4) is 0 Å². The van der Waals surface area contributed by atoms with Crippen molar-refractivity contribution in [2.45, 2.75) is 39.7 Å². The molecule has 5 nitrogen and oxygen atoms in total. The Bertz CT molecular complexity index is 713. The van der Waals surface area contributed by atoms with Crippen molar-refractivity contribution in [1.29, 1.82) is 0 Å². The van der Waals surface area contributed by atoms with E-state index < -0.39 is 5.97 Å². The lowest BCUT2D eigenvalue weighted by Crippen LogP contribution is -2.32. The summed E-state index contributed by atoms with van der Waals surface area (Å²) in [6.45, 7) is 5.41. The largest absolute Gasteiger partial charge is 0.464 e. The number of ether oxygens (including phenoxy) is 1. The smallest absolute Gasteiger partial charge is 0.357 e. The highest BCUT2D eigenvalue weighted by molar-refractivity contribution is 7.09. The van der Waals surface area contributed by atoms with Gasteiger partial charge >= 0.3 is 5.97 Å². The molecule has 0 unspecified atom stereocenters. The fraction of sp³-hybridized carbons (Fsp3) is 0.450. The van der Waals surface area contributed by atoms with Crippen LogP contribution >= 0.6 is 11.3 Å². The van der Waals surface area contributed by atoms with Crippen molar-refractivity contribution in [1.82, 2.24) is 9.88 Å². The maximum atomic E-state index is 12.7. The quantitative estimate of drug-likeness (QED) is 0.624. The second kappa shape index (κ2) is 10.1. The lowest BCUT2D eigenvalue weighted by atomic mass is 10.1. The summed E-state index contributed by atoms with van der Waals surface area (Å²) in [4.78, 5) is 30.5. The molecule has 1 amide bonds. The zero-order chi connectivity index (χ0) is 18.9. The van der Waals surface area contributed by atoms with Gasteiger partial charge in [0.05, 0.1) is 13.7 Å². The lowest BCUT2D eigenvalue weighted by Gasteiger charge is -2.22. The number of hydrogen-bond acceptors (Lipinski definition) is 5. The van der Waals surface area contributed by atoms with Crippen LogP contribution < -0.4 is 0 Å². The SMILES string of the molecule is COC(=O)c1csc(CN(CCC(C)C)C(=O)CCc2ccccc2)n1. The van der Waals surface area contributed by atoms with Crippen LogP contribution in [0.3, 0.4) is 0 Å². The molecule has 0 aliphatic carbocycles. The Balaban J connectivity index is 2.00. The monoisotopic (exact) mass is 374 g/mol. The van der Waals surface area contributed by atoms with Gasteiger partial charge in [-0.25, -0.2) is 9.78 Å². The number of thiazole rings is 1. The van der Waals surface area contributed by atoms with E-state index in [-0.39, 0.29) is 5.91 Å². The van der Waals surface area contributed by atoms with Gasteiger partial charge in [-0.2, -0.15) is 0 Å². The second-order valence-corrected chi connectivity index (χ2v) is 7.54. The van der Waals surface area contributed by atoms with Crippen LogP contribution in [-0.2, 0) is 22.5 Å². The molecule has 6 heteroatoms. The molecule has 0 atom stereocenters. The van der Waals surface area contributed by atoms with E-state index in [0.717, 1.165) is 23.4 Å². The minimum atomic E-state index is -0.448. The number of benzene rings is 1. The third kappa shape index (κ3) is 6.26. The van der Waals surface area contributed by atoms with Crippen LogP contribution in [0.4, 0.5) is 0 Å². The van der Waals surface area contributed by atoms with E-state index in [0.29, 0.717) is 31.1 Å². The number of methoxy groups -OCH3 is 1. The van der Waals surface area contributed by atoms with Crippen LogP contribution in [0.1, 0.15) is 47.7 Å². The molecule has 0 aliphatic heterocycles. The van der Waals surface area contributed by atoms with Crippen molar-refractivity contribution < 1.29 is 14.3 Å². The van der Waals surface area contributed by atoms with Crippen molar-refractivity contribution in [3.05, 3.63) is 52.0 Å². The molecule has 26 heavy (non-hydrogen) atoms. The number of rotatable bonds is 9. The molecule has 0 spiro atoms. The predicted octanol–water partition coefficient (Wildman–Crippen LogP) is 3.94. The van der Waals surface area contributed by atoms with Crippen LogP contribution in [0.5, 0.6) is 0 Å². The average Bonchev–Trinajstić information content (AvgIpc) is 3.11. The minimum Gasteiger partial charge on any atom is -0.464 e. The van der Waals surface area contributed by atoms with Gasteiger partial charge in [-0.3, -0.25) is 4.79 Å². The number of esters is 1. The van der Waals surface area contributed by atoms with E-state index in [9.17, 15) is 9.59 Å². The predicted molar refractivity (Wildman–Crippen MR) is 103 cm³/mol. The Hall–Kier alpha value is -2.21. The van der Waals surface area contributed by atoms with Gasteiger partial charge < -0.3 is 9.64 Å². The number of aryl methyl sites for hydroxylation is 1. The molecule has 0 aliphatic rings. The van der Waals surface area contributed by atoms with Crippen molar-refractivity contribution in [3.63, 3.8) is 0 Å². The fourth-order valence-corrected chi connectivity index (χ4v) is 3.28. The molecular weight excluding hydrogens is 348 g/mol. The summed E-state index contributed by atoms with van der Waals surface area (Å²) < 4.78 is 4.69. The van der Waals surface area contributed by atoms with Gasteiger partial charge in [-0.15, -0.1) is 11.3 Å². The Morgan fingerprint density at radius 1 is 1.23 bits per heavy atom. The third-order valence-electron chi connectivity index (χ3n) is 4.07. The zero-order valence-electron chi connectivity index (χ0n) is 15.6. The zero-order valence-corrected chi connectivity index (χ0v) is 16.4. The Morgan fingerprint density at radius 3 is 2.62 bits per heavy atom. The molecule has 0 bridgehead atoms. The number of amides is 1. The first-order valence-corrected chi connectivity index (χ1v) is 9.72. The molecule has 0 saturated heterocycles. The Morgan fingerprint density at radius 2 is 1.96 bits per heavy atom. The molecule has 0 radical (unpaired) electrons. The first-order valence-electron chi connectivity index (χ1n) is 8.84. The molecule has 1 heterocycles. The van der Waals surface area contributed by atoms with Gasteiger partial charge in [0.1, 0.15) is 5.01 Å². The summed E-state index contributed by atoms with van der Waals surface area (Å²) in [6, 6.07) is 10.0.